The average molecular weight is 484 g/mol. The van der Waals surface area contributed by atoms with Crippen LogP contribution in [0.1, 0.15) is 22.0 Å². The Morgan fingerprint density at radius 2 is 1.66 bits per heavy atom. The lowest BCUT2D eigenvalue weighted by Gasteiger charge is -2.30. The minimum atomic E-state index is -1.16. The van der Waals surface area contributed by atoms with Gasteiger partial charge in [-0.3, -0.25) is 14.4 Å². The number of likely N-dealkylation sites (tertiary alicyclic amines) is 1. The summed E-state index contributed by atoms with van der Waals surface area (Å²) < 4.78 is 21.4. The third-order valence-corrected chi connectivity index (χ3v) is 6.72. The van der Waals surface area contributed by atoms with Gasteiger partial charge in [-0.15, -0.1) is 0 Å². The molecule has 0 saturated carbocycles. The molecule has 2 aromatic carbocycles. The summed E-state index contributed by atoms with van der Waals surface area (Å²) in [7, 11) is 4.59. The van der Waals surface area contributed by atoms with E-state index in [4.69, 9.17) is 18.9 Å². The van der Waals surface area contributed by atoms with Gasteiger partial charge in [-0.1, -0.05) is 6.07 Å². The number of hydrogen-bond donors (Lipinski definition) is 1. The van der Waals surface area contributed by atoms with E-state index in [9.17, 15) is 14.4 Å². The monoisotopic (exact) mass is 483 g/mol. The molecule has 0 spiro atoms. The molecule has 2 saturated heterocycles. The highest BCUT2D eigenvalue weighted by Crippen LogP contribution is 2.41. The molecular weight excluding hydrogens is 452 g/mol. The van der Waals surface area contributed by atoms with Crippen molar-refractivity contribution in [2.75, 3.05) is 60.7 Å². The molecule has 186 valence electrons. The van der Waals surface area contributed by atoms with Crippen molar-refractivity contribution < 1.29 is 38.2 Å². The number of carbonyl (C=O) groups excluding carboxylic acids is 3. The van der Waals surface area contributed by atoms with Gasteiger partial charge in [0, 0.05) is 5.56 Å². The highest BCUT2D eigenvalue weighted by atomic mass is 16.5. The lowest BCUT2D eigenvalue weighted by molar-refractivity contribution is -0.907. The summed E-state index contributed by atoms with van der Waals surface area (Å²) >= 11 is 0. The van der Waals surface area contributed by atoms with Crippen LogP contribution in [0.4, 0.5) is 0 Å². The maximum atomic E-state index is 13.6. The van der Waals surface area contributed by atoms with Crippen molar-refractivity contribution in [2.45, 2.75) is 6.04 Å². The van der Waals surface area contributed by atoms with Crippen LogP contribution in [-0.4, -0.2) is 83.1 Å². The number of ketones is 2. The molecule has 1 N–H and O–H groups in total. The van der Waals surface area contributed by atoms with Gasteiger partial charge in [0.25, 0.3) is 5.91 Å². The van der Waals surface area contributed by atoms with Crippen LogP contribution in [0.3, 0.4) is 0 Å². The number of nitrogens with one attached hydrogen (secondary N) is 1. The predicted molar refractivity (Wildman–Crippen MR) is 126 cm³/mol. The van der Waals surface area contributed by atoms with Crippen LogP contribution in [-0.2, 0) is 14.3 Å². The first-order valence-electron chi connectivity index (χ1n) is 11.6. The van der Waals surface area contributed by atoms with Crippen LogP contribution in [0.2, 0.25) is 0 Å². The summed E-state index contributed by atoms with van der Waals surface area (Å²) in [4.78, 5) is 42.9. The van der Waals surface area contributed by atoms with E-state index in [2.05, 4.69) is 0 Å². The number of benzene rings is 2. The minimum absolute atomic E-state index is 0.350. The normalized spacial score (nSPS) is 20.7. The number of morpholine rings is 1. The van der Waals surface area contributed by atoms with Crippen LogP contribution >= 0.6 is 0 Å². The Kier molecular flexibility index (Phi) is 7.67. The molecule has 2 unspecified atom stereocenters. The van der Waals surface area contributed by atoms with Crippen molar-refractivity contribution in [1.29, 1.82) is 0 Å². The third kappa shape index (κ3) is 5.01. The highest BCUT2D eigenvalue weighted by molar-refractivity contribution is 6.44. The van der Waals surface area contributed by atoms with Crippen molar-refractivity contribution >= 4 is 17.5 Å². The first-order chi connectivity index (χ1) is 17.0. The number of ether oxygens (including phenoxy) is 4. The van der Waals surface area contributed by atoms with Gasteiger partial charge in [-0.2, -0.15) is 0 Å². The summed E-state index contributed by atoms with van der Waals surface area (Å²) in [5.74, 6) is -1.30. The highest BCUT2D eigenvalue weighted by Gasteiger charge is 2.52. The standard InChI is InChI=1S/C26H30N2O7/c1-32-19-7-4-17(5-8-19)24(29)22-23(18-6-9-20(33-2)21(16-18)34-3)28(26(31)25(22)30)11-10-27-12-14-35-15-13-27/h4-9,16,22-23H,10-15H2,1-3H3/p+1. The second kappa shape index (κ2) is 10.9. The van der Waals surface area contributed by atoms with E-state index < -0.39 is 29.4 Å². The van der Waals surface area contributed by atoms with Crippen molar-refractivity contribution in [3.05, 3.63) is 53.6 Å². The fourth-order valence-electron chi connectivity index (χ4n) is 4.76. The van der Waals surface area contributed by atoms with Crippen LogP contribution in [0.5, 0.6) is 17.2 Å². The second-order valence-corrected chi connectivity index (χ2v) is 8.60. The zero-order chi connectivity index (χ0) is 24.9. The molecule has 2 aromatic rings. The van der Waals surface area contributed by atoms with Gasteiger partial charge in [0.15, 0.2) is 17.3 Å². The number of nitrogens with zero attached hydrogens (tertiary/aromatic N) is 1. The smallest absolute Gasteiger partial charge is 0.291 e. The molecule has 2 heterocycles. The largest absolute Gasteiger partial charge is 0.497 e. The van der Waals surface area contributed by atoms with Gasteiger partial charge in [0.2, 0.25) is 5.78 Å². The Labute approximate surface area is 204 Å². The van der Waals surface area contributed by atoms with Gasteiger partial charge < -0.3 is 28.7 Å². The van der Waals surface area contributed by atoms with E-state index >= 15 is 0 Å². The van der Waals surface area contributed by atoms with Crippen LogP contribution in [0.15, 0.2) is 42.5 Å². The van der Waals surface area contributed by atoms with E-state index in [1.807, 2.05) is 0 Å². The van der Waals surface area contributed by atoms with Crippen molar-refractivity contribution in [2.24, 2.45) is 5.92 Å². The quantitative estimate of drug-likeness (QED) is 0.317. The minimum Gasteiger partial charge on any atom is -0.497 e. The molecule has 2 atom stereocenters. The summed E-state index contributed by atoms with van der Waals surface area (Å²) in [5, 5.41) is 0. The number of Topliss-reactive ketones (excluding diaryl/α,β-unsaturated/α-hetero) is 2. The molecular formula is C26H31N2O7+. The van der Waals surface area contributed by atoms with Gasteiger partial charge in [0.1, 0.15) is 24.8 Å². The van der Waals surface area contributed by atoms with E-state index in [1.165, 1.54) is 31.1 Å². The van der Waals surface area contributed by atoms with Gasteiger partial charge in [-0.25, -0.2) is 0 Å². The fourth-order valence-corrected chi connectivity index (χ4v) is 4.76. The van der Waals surface area contributed by atoms with Crippen molar-refractivity contribution in [3.8, 4) is 17.2 Å². The van der Waals surface area contributed by atoms with E-state index in [0.29, 0.717) is 54.7 Å². The number of methoxy groups -OCH3 is 3. The summed E-state index contributed by atoms with van der Waals surface area (Å²) in [5.41, 5.74) is 0.994. The second-order valence-electron chi connectivity index (χ2n) is 8.60. The Hall–Kier alpha value is -3.43. The van der Waals surface area contributed by atoms with Crippen LogP contribution in [0, 0.1) is 5.92 Å². The molecule has 2 fully saturated rings. The van der Waals surface area contributed by atoms with Crippen molar-refractivity contribution in [1.82, 2.24) is 4.90 Å². The van der Waals surface area contributed by atoms with E-state index in [-0.39, 0.29) is 0 Å². The Morgan fingerprint density at radius 3 is 2.29 bits per heavy atom. The summed E-state index contributed by atoms with van der Waals surface area (Å²) in [6, 6.07) is 11.1. The lowest BCUT2D eigenvalue weighted by Crippen LogP contribution is -3.14. The topological polar surface area (TPSA) is 95.8 Å². The lowest BCUT2D eigenvalue weighted by atomic mass is 9.86. The van der Waals surface area contributed by atoms with E-state index in [0.717, 1.165) is 13.1 Å². The molecule has 0 aliphatic carbocycles. The zero-order valence-electron chi connectivity index (χ0n) is 20.2. The number of hydrogen-bond acceptors (Lipinski definition) is 7. The molecule has 4 rings (SSSR count). The van der Waals surface area contributed by atoms with E-state index in [1.54, 1.807) is 42.5 Å². The molecule has 9 nitrogen and oxygen atoms in total. The first-order valence-corrected chi connectivity index (χ1v) is 11.6. The molecule has 0 aromatic heterocycles. The summed E-state index contributed by atoms with van der Waals surface area (Å²) in [6.07, 6.45) is 0. The maximum Gasteiger partial charge on any atom is 0.291 e. The van der Waals surface area contributed by atoms with Crippen LogP contribution in [0.25, 0.3) is 0 Å². The number of carbonyl (C=O) groups is 3. The molecule has 35 heavy (non-hydrogen) atoms. The molecule has 2 aliphatic rings. The van der Waals surface area contributed by atoms with Gasteiger partial charge >= 0.3 is 0 Å². The summed E-state index contributed by atoms with van der Waals surface area (Å²) in [6.45, 7) is 4.02. The Bertz CT molecular complexity index is 1080. The molecule has 9 heteroatoms. The first kappa shape index (κ1) is 24.7. The van der Waals surface area contributed by atoms with Crippen molar-refractivity contribution in [3.63, 3.8) is 0 Å². The maximum absolute atomic E-state index is 13.6. The fraction of sp³-hybridized carbons (Fsp3) is 0.423. The number of rotatable bonds is 9. The molecule has 0 radical (unpaired) electrons. The average Bonchev–Trinajstić information content (AvgIpc) is 3.16. The number of amides is 1. The molecule has 2 aliphatic heterocycles. The predicted octanol–water partition coefficient (Wildman–Crippen LogP) is 0.579. The Balaban J connectivity index is 1.70. The number of quaternary nitrogens is 1. The van der Waals surface area contributed by atoms with Gasteiger partial charge in [-0.05, 0) is 42.0 Å². The SMILES string of the molecule is COc1ccc(C(=O)C2C(=O)C(=O)N(CC[NH+]3CCOCC3)C2c2ccc(OC)c(OC)c2)cc1. The zero-order valence-corrected chi connectivity index (χ0v) is 20.2. The third-order valence-electron chi connectivity index (χ3n) is 6.72. The van der Waals surface area contributed by atoms with Gasteiger partial charge in [0.05, 0.1) is 53.7 Å². The molecule has 0 bridgehead atoms. The molecule has 1 amide bonds. The van der Waals surface area contributed by atoms with Crippen LogP contribution < -0.4 is 19.1 Å². The Morgan fingerprint density at radius 1 is 0.971 bits per heavy atom.